The van der Waals surface area contributed by atoms with Gasteiger partial charge in [-0.3, -0.25) is 0 Å². The van der Waals surface area contributed by atoms with Crippen LogP contribution >= 0.6 is 0 Å². The van der Waals surface area contributed by atoms with Crippen molar-refractivity contribution in [2.75, 3.05) is 7.11 Å². The van der Waals surface area contributed by atoms with E-state index in [2.05, 4.69) is 46.9 Å². The molecule has 0 aliphatic carbocycles. The standard InChI is InChI=1S/C14H31NO/c1-8-13(9-2)12(4)15-11(3)10-14(5,6)16-7/h11-13,15H,8-10H2,1-7H3. The van der Waals surface area contributed by atoms with Crippen LogP contribution in [0.5, 0.6) is 0 Å². The molecule has 2 unspecified atom stereocenters. The Labute approximate surface area is 102 Å². The molecule has 0 saturated carbocycles. The zero-order chi connectivity index (χ0) is 12.8. The van der Waals surface area contributed by atoms with E-state index in [9.17, 15) is 0 Å². The molecule has 0 spiro atoms. The fourth-order valence-corrected chi connectivity index (χ4v) is 2.46. The van der Waals surface area contributed by atoms with Gasteiger partial charge in [0.2, 0.25) is 0 Å². The highest BCUT2D eigenvalue weighted by Crippen LogP contribution is 2.18. The van der Waals surface area contributed by atoms with E-state index in [0.717, 1.165) is 12.3 Å². The summed E-state index contributed by atoms with van der Waals surface area (Å²) in [7, 11) is 1.79. The number of hydrogen-bond acceptors (Lipinski definition) is 2. The van der Waals surface area contributed by atoms with Gasteiger partial charge in [0, 0.05) is 19.2 Å². The number of rotatable bonds is 8. The Morgan fingerprint density at radius 3 is 2.00 bits per heavy atom. The monoisotopic (exact) mass is 229 g/mol. The first-order valence-electron chi connectivity index (χ1n) is 6.67. The summed E-state index contributed by atoms with van der Waals surface area (Å²) in [5.74, 6) is 0.785. The predicted molar refractivity (Wildman–Crippen MR) is 71.8 cm³/mol. The molecule has 0 aromatic heterocycles. The van der Waals surface area contributed by atoms with Gasteiger partial charge in [-0.25, -0.2) is 0 Å². The molecule has 0 bridgehead atoms. The smallest absolute Gasteiger partial charge is 0.0637 e. The summed E-state index contributed by atoms with van der Waals surface area (Å²) < 4.78 is 5.46. The fourth-order valence-electron chi connectivity index (χ4n) is 2.46. The molecule has 0 aliphatic heterocycles. The second kappa shape index (κ2) is 7.29. The van der Waals surface area contributed by atoms with Crippen LogP contribution in [0.1, 0.15) is 60.8 Å². The summed E-state index contributed by atoms with van der Waals surface area (Å²) in [5.41, 5.74) is -0.0277. The van der Waals surface area contributed by atoms with Gasteiger partial charge in [0.25, 0.3) is 0 Å². The van der Waals surface area contributed by atoms with E-state index in [0.29, 0.717) is 12.1 Å². The first kappa shape index (κ1) is 15.9. The Hall–Kier alpha value is -0.0800. The summed E-state index contributed by atoms with van der Waals surface area (Å²) in [5, 5.41) is 3.69. The van der Waals surface area contributed by atoms with Gasteiger partial charge in [-0.05, 0) is 40.0 Å². The Kier molecular flexibility index (Phi) is 7.25. The number of hydrogen-bond donors (Lipinski definition) is 1. The highest BCUT2D eigenvalue weighted by Gasteiger charge is 2.22. The third-order valence-electron chi connectivity index (χ3n) is 3.65. The second-order valence-corrected chi connectivity index (χ2v) is 5.60. The first-order valence-corrected chi connectivity index (χ1v) is 6.67. The third kappa shape index (κ3) is 5.86. The summed E-state index contributed by atoms with van der Waals surface area (Å²) >= 11 is 0. The molecule has 2 heteroatoms. The molecule has 0 radical (unpaired) electrons. The van der Waals surface area contributed by atoms with Crippen LogP contribution in [0.15, 0.2) is 0 Å². The summed E-state index contributed by atoms with van der Waals surface area (Å²) in [6.45, 7) is 13.4. The Morgan fingerprint density at radius 2 is 1.62 bits per heavy atom. The van der Waals surface area contributed by atoms with Gasteiger partial charge >= 0.3 is 0 Å². The van der Waals surface area contributed by atoms with Crippen LogP contribution in [0, 0.1) is 5.92 Å². The molecule has 98 valence electrons. The van der Waals surface area contributed by atoms with Crippen molar-refractivity contribution in [1.82, 2.24) is 5.32 Å². The minimum Gasteiger partial charge on any atom is -0.379 e. The van der Waals surface area contributed by atoms with Gasteiger partial charge in [-0.2, -0.15) is 0 Å². The van der Waals surface area contributed by atoms with Crippen LogP contribution in [0.4, 0.5) is 0 Å². The largest absolute Gasteiger partial charge is 0.379 e. The Bertz CT molecular complexity index is 176. The molecule has 0 aromatic rings. The molecule has 0 amide bonds. The van der Waals surface area contributed by atoms with E-state index in [1.54, 1.807) is 7.11 Å². The molecule has 2 nitrogen and oxygen atoms in total. The van der Waals surface area contributed by atoms with Gasteiger partial charge in [0.05, 0.1) is 5.60 Å². The van der Waals surface area contributed by atoms with Crippen molar-refractivity contribution in [3.8, 4) is 0 Å². The topological polar surface area (TPSA) is 21.3 Å². The lowest BCUT2D eigenvalue weighted by Gasteiger charge is -2.31. The fraction of sp³-hybridized carbons (Fsp3) is 1.00. The lowest BCUT2D eigenvalue weighted by molar-refractivity contribution is 0.00720. The average molecular weight is 229 g/mol. The minimum absolute atomic E-state index is 0.0277. The average Bonchev–Trinajstić information content (AvgIpc) is 2.18. The van der Waals surface area contributed by atoms with Crippen LogP contribution in [0.3, 0.4) is 0 Å². The first-order chi connectivity index (χ1) is 7.36. The van der Waals surface area contributed by atoms with Crippen LogP contribution in [-0.2, 0) is 4.74 Å². The van der Waals surface area contributed by atoms with Crippen molar-refractivity contribution in [3.63, 3.8) is 0 Å². The van der Waals surface area contributed by atoms with Crippen LogP contribution in [-0.4, -0.2) is 24.8 Å². The van der Waals surface area contributed by atoms with Crippen molar-refractivity contribution in [2.24, 2.45) is 5.92 Å². The van der Waals surface area contributed by atoms with Crippen molar-refractivity contribution >= 4 is 0 Å². The van der Waals surface area contributed by atoms with Crippen molar-refractivity contribution in [2.45, 2.75) is 78.5 Å². The predicted octanol–water partition coefficient (Wildman–Crippen LogP) is 3.60. The maximum atomic E-state index is 5.46. The van der Waals surface area contributed by atoms with Crippen molar-refractivity contribution in [1.29, 1.82) is 0 Å². The van der Waals surface area contributed by atoms with Gasteiger partial charge in [0.15, 0.2) is 0 Å². The van der Waals surface area contributed by atoms with Gasteiger partial charge in [-0.1, -0.05) is 26.7 Å². The van der Waals surface area contributed by atoms with E-state index >= 15 is 0 Å². The molecule has 2 atom stereocenters. The summed E-state index contributed by atoms with van der Waals surface area (Å²) in [6, 6.07) is 1.10. The zero-order valence-electron chi connectivity index (χ0n) is 12.3. The van der Waals surface area contributed by atoms with Gasteiger partial charge < -0.3 is 10.1 Å². The highest BCUT2D eigenvalue weighted by atomic mass is 16.5. The lowest BCUT2D eigenvalue weighted by atomic mass is 9.93. The number of methoxy groups -OCH3 is 1. The maximum absolute atomic E-state index is 5.46. The molecule has 0 fully saturated rings. The molecule has 1 N–H and O–H groups in total. The van der Waals surface area contributed by atoms with Crippen LogP contribution in [0.25, 0.3) is 0 Å². The van der Waals surface area contributed by atoms with Gasteiger partial charge in [0.1, 0.15) is 0 Å². The van der Waals surface area contributed by atoms with Gasteiger partial charge in [-0.15, -0.1) is 0 Å². The Morgan fingerprint density at radius 1 is 1.12 bits per heavy atom. The Balaban J connectivity index is 4.08. The normalized spacial score (nSPS) is 16.5. The molecule has 0 aromatic carbocycles. The molecule has 16 heavy (non-hydrogen) atoms. The van der Waals surface area contributed by atoms with E-state index < -0.39 is 0 Å². The number of ether oxygens (including phenoxy) is 1. The third-order valence-corrected chi connectivity index (χ3v) is 3.65. The highest BCUT2D eigenvalue weighted by molar-refractivity contribution is 4.79. The van der Waals surface area contributed by atoms with E-state index in [4.69, 9.17) is 4.74 Å². The number of nitrogens with one attached hydrogen (secondary N) is 1. The van der Waals surface area contributed by atoms with Crippen LogP contribution < -0.4 is 5.32 Å². The molecule has 0 heterocycles. The second-order valence-electron chi connectivity index (χ2n) is 5.60. The molecule has 0 rings (SSSR count). The van der Waals surface area contributed by atoms with Crippen LogP contribution in [0.2, 0.25) is 0 Å². The van der Waals surface area contributed by atoms with Crippen molar-refractivity contribution < 1.29 is 4.74 Å². The van der Waals surface area contributed by atoms with Crippen molar-refractivity contribution in [3.05, 3.63) is 0 Å². The minimum atomic E-state index is -0.0277. The molecule has 0 aliphatic rings. The van der Waals surface area contributed by atoms with E-state index in [1.807, 2.05) is 0 Å². The maximum Gasteiger partial charge on any atom is 0.0637 e. The zero-order valence-corrected chi connectivity index (χ0v) is 12.3. The molecular weight excluding hydrogens is 198 g/mol. The van der Waals surface area contributed by atoms with E-state index in [1.165, 1.54) is 12.8 Å². The SMILES string of the molecule is CCC(CC)C(C)NC(C)CC(C)(C)OC. The van der Waals surface area contributed by atoms with E-state index in [-0.39, 0.29) is 5.60 Å². The summed E-state index contributed by atoms with van der Waals surface area (Å²) in [4.78, 5) is 0. The molecule has 0 saturated heterocycles. The lowest BCUT2D eigenvalue weighted by Crippen LogP contribution is -2.43. The molecular formula is C14H31NO. The quantitative estimate of drug-likeness (QED) is 0.686. The summed E-state index contributed by atoms with van der Waals surface area (Å²) in [6.07, 6.45) is 3.56.